The molecular weight excluding hydrogens is 280 g/mol. The minimum absolute atomic E-state index is 0.0796. The van der Waals surface area contributed by atoms with Crippen LogP contribution in [0.2, 0.25) is 0 Å². The molecule has 2 nitrogen and oxygen atoms in total. The van der Waals surface area contributed by atoms with Crippen LogP contribution in [0.3, 0.4) is 0 Å². The Hall–Kier alpha value is 0.400. The first kappa shape index (κ1) is 13.8. The highest BCUT2D eigenvalue weighted by molar-refractivity contribution is 9.09. The van der Waals surface area contributed by atoms with Crippen LogP contribution in [0.5, 0.6) is 0 Å². The number of hydrogen-bond donors (Lipinski definition) is 0. The molecule has 1 aliphatic carbocycles. The molecule has 17 heavy (non-hydrogen) atoms. The summed E-state index contributed by atoms with van der Waals surface area (Å²) in [4.78, 5) is 0. The second-order valence-corrected chi connectivity index (χ2v) is 7.29. The standard InChI is InChI=1S/C14H25BrO2/c1-13(2,3)11-4-6-14(10-15,7-5-11)17-12-8-16-9-12/h11-12H,4-10H2,1-3H3. The lowest BCUT2D eigenvalue weighted by Gasteiger charge is -2.46. The molecule has 1 saturated heterocycles. The lowest BCUT2D eigenvalue weighted by Crippen LogP contribution is -2.49. The largest absolute Gasteiger partial charge is 0.376 e. The maximum atomic E-state index is 6.25. The van der Waals surface area contributed by atoms with E-state index in [9.17, 15) is 0 Å². The fourth-order valence-corrected chi connectivity index (χ4v) is 3.62. The van der Waals surface area contributed by atoms with Crippen molar-refractivity contribution in [3.05, 3.63) is 0 Å². The molecule has 0 spiro atoms. The summed E-state index contributed by atoms with van der Waals surface area (Å²) in [6, 6.07) is 0. The van der Waals surface area contributed by atoms with E-state index in [1.807, 2.05) is 0 Å². The molecule has 0 radical (unpaired) electrons. The average Bonchev–Trinajstić information content (AvgIpc) is 2.23. The quantitative estimate of drug-likeness (QED) is 0.739. The number of ether oxygens (including phenoxy) is 2. The molecule has 0 unspecified atom stereocenters. The number of hydrogen-bond acceptors (Lipinski definition) is 2. The van der Waals surface area contributed by atoms with Gasteiger partial charge < -0.3 is 9.47 Å². The van der Waals surface area contributed by atoms with Crippen molar-refractivity contribution in [3.63, 3.8) is 0 Å². The molecular formula is C14H25BrO2. The first-order valence-electron chi connectivity index (χ1n) is 6.77. The van der Waals surface area contributed by atoms with E-state index in [1.165, 1.54) is 25.7 Å². The summed E-state index contributed by atoms with van der Waals surface area (Å²) < 4.78 is 11.5. The van der Waals surface area contributed by atoms with E-state index >= 15 is 0 Å². The van der Waals surface area contributed by atoms with Gasteiger partial charge in [-0.1, -0.05) is 36.7 Å². The van der Waals surface area contributed by atoms with Crippen LogP contribution in [-0.2, 0) is 9.47 Å². The van der Waals surface area contributed by atoms with E-state index in [0.717, 1.165) is 24.5 Å². The number of alkyl halides is 1. The highest BCUT2D eigenvalue weighted by Gasteiger charge is 2.41. The normalized spacial score (nSPS) is 35.6. The molecule has 0 N–H and O–H groups in total. The molecule has 0 aromatic heterocycles. The molecule has 1 aliphatic heterocycles. The maximum Gasteiger partial charge on any atom is 0.105 e. The van der Waals surface area contributed by atoms with Gasteiger partial charge in [0.05, 0.1) is 18.8 Å². The number of halogens is 1. The maximum absolute atomic E-state index is 6.25. The van der Waals surface area contributed by atoms with Crippen LogP contribution in [0.1, 0.15) is 46.5 Å². The Morgan fingerprint density at radius 1 is 1.24 bits per heavy atom. The Bertz CT molecular complexity index is 247. The van der Waals surface area contributed by atoms with Gasteiger partial charge in [0, 0.05) is 5.33 Å². The van der Waals surface area contributed by atoms with Crippen molar-refractivity contribution in [2.75, 3.05) is 18.5 Å². The summed E-state index contributed by atoms with van der Waals surface area (Å²) in [6.07, 6.45) is 5.32. The third-order valence-corrected chi connectivity index (χ3v) is 5.41. The summed E-state index contributed by atoms with van der Waals surface area (Å²) >= 11 is 3.65. The monoisotopic (exact) mass is 304 g/mol. The summed E-state index contributed by atoms with van der Waals surface area (Å²) in [7, 11) is 0. The van der Waals surface area contributed by atoms with Crippen molar-refractivity contribution in [2.45, 2.75) is 58.2 Å². The van der Waals surface area contributed by atoms with Crippen molar-refractivity contribution in [1.82, 2.24) is 0 Å². The Kier molecular flexibility index (Phi) is 4.21. The lowest BCUT2D eigenvalue weighted by molar-refractivity contribution is -0.197. The highest BCUT2D eigenvalue weighted by atomic mass is 79.9. The van der Waals surface area contributed by atoms with Crippen LogP contribution < -0.4 is 0 Å². The first-order valence-corrected chi connectivity index (χ1v) is 7.89. The van der Waals surface area contributed by atoms with Gasteiger partial charge >= 0.3 is 0 Å². The van der Waals surface area contributed by atoms with Crippen molar-refractivity contribution in [1.29, 1.82) is 0 Å². The highest BCUT2D eigenvalue weighted by Crippen LogP contribution is 2.44. The zero-order valence-electron chi connectivity index (χ0n) is 11.3. The Morgan fingerprint density at radius 3 is 2.18 bits per heavy atom. The summed E-state index contributed by atoms with van der Waals surface area (Å²) in [5, 5.41) is 0.966. The van der Waals surface area contributed by atoms with E-state index in [4.69, 9.17) is 9.47 Å². The molecule has 0 bridgehead atoms. The van der Waals surface area contributed by atoms with E-state index in [-0.39, 0.29) is 5.60 Å². The van der Waals surface area contributed by atoms with Gasteiger partial charge in [0.15, 0.2) is 0 Å². The van der Waals surface area contributed by atoms with E-state index < -0.39 is 0 Å². The molecule has 2 fully saturated rings. The average molecular weight is 305 g/mol. The van der Waals surface area contributed by atoms with Crippen molar-refractivity contribution in [2.24, 2.45) is 11.3 Å². The molecule has 0 aromatic carbocycles. The predicted octanol–water partition coefficient (Wildman–Crippen LogP) is 3.77. The van der Waals surface area contributed by atoms with Crippen molar-refractivity contribution >= 4 is 15.9 Å². The van der Waals surface area contributed by atoms with Crippen LogP contribution in [0.4, 0.5) is 0 Å². The zero-order chi connectivity index (χ0) is 12.5. The van der Waals surface area contributed by atoms with E-state index in [2.05, 4.69) is 36.7 Å². The lowest BCUT2D eigenvalue weighted by atomic mass is 9.69. The van der Waals surface area contributed by atoms with Gasteiger partial charge in [-0.25, -0.2) is 0 Å². The molecule has 0 atom stereocenters. The van der Waals surface area contributed by atoms with Gasteiger partial charge in [0.2, 0.25) is 0 Å². The van der Waals surface area contributed by atoms with Gasteiger partial charge in [0.25, 0.3) is 0 Å². The molecule has 3 heteroatoms. The topological polar surface area (TPSA) is 18.5 Å². The Labute approximate surface area is 114 Å². The summed E-state index contributed by atoms with van der Waals surface area (Å²) in [5.74, 6) is 0.843. The second kappa shape index (κ2) is 5.18. The van der Waals surface area contributed by atoms with Crippen LogP contribution >= 0.6 is 15.9 Å². The molecule has 100 valence electrons. The molecule has 2 rings (SSSR count). The first-order chi connectivity index (χ1) is 7.95. The summed E-state index contributed by atoms with van der Waals surface area (Å²) in [6.45, 7) is 8.66. The van der Waals surface area contributed by atoms with E-state index in [1.54, 1.807) is 0 Å². The van der Waals surface area contributed by atoms with Crippen LogP contribution in [-0.4, -0.2) is 30.2 Å². The van der Waals surface area contributed by atoms with E-state index in [0.29, 0.717) is 11.5 Å². The minimum atomic E-state index is 0.0796. The third-order valence-electron chi connectivity index (χ3n) is 4.39. The number of rotatable bonds is 3. The van der Waals surface area contributed by atoms with Gasteiger partial charge in [-0.2, -0.15) is 0 Å². The fourth-order valence-electron chi connectivity index (χ4n) is 2.93. The SMILES string of the molecule is CC(C)(C)C1CCC(CBr)(OC2COC2)CC1. The third kappa shape index (κ3) is 3.24. The molecule has 1 heterocycles. The molecule has 1 saturated carbocycles. The predicted molar refractivity (Wildman–Crippen MR) is 73.6 cm³/mol. The van der Waals surface area contributed by atoms with Gasteiger partial charge in [-0.3, -0.25) is 0 Å². The smallest absolute Gasteiger partial charge is 0.105 e. The van der Waals surface area contributed by atoms with Gasteiger partial charge in [0.1, 0.15) is 6.10 Å². The zero-order valence-corrected chi connectivity index (χ0v) is 12.9. The minimum Gasteiger partial charge on any atom is -0.376 e. The van der Waals surface area contributed by atoms with Crippen molar-refractivity contribution in [3.8, 4) is 0 Å². The van der Waals surface area contributed by atoms with Crippen LogP contribution in [0.15, 0.2) is 0 Å². The molecule has 0 aromatic rings. The molecule has 0 amide bonds. The summed E-state index contributed by atoms with van der Waals surface area (Å²) in [5.41, 5.74) is 0.522. The van der Waals surface area contributed by atoms with Crippen LogP contribution in [0, 0.1) is 11.3 Å². The van der Waals surface area contributed by atoms with Gasteiger partial charge in [-0.05, 0) is 37.0 Å². The Morgan fingerprint density at radius 2 is 1.82 bits per heavy atom. The van der Waals surface area contributed by atoms with Crippen LogP contribution in [0.25, 0.3) is 0 Å². The van der Waals surface area contributed by atoms with Crippen molar-refractivity contribution < 1.29 is 9.47 Å². The second-order valence-electron chi connectivity index (χ2n) is 6.73. The Balaban J connectivity index is 1.89. The fraction of sp³-hybridized carbons (Fsp3) is 1.00. The molecule has 2 aliphatic rings. The van der Waals surface area contributed by atoms with Gasteiger partial charge in [-0.15, -0.1) is 0 Å².